The molecule has 0 saturated heterocycles. The molecule has 0 bridgehead atoms. The van der Waals surface area contributed by atoms with Crippen molar-refractivity contribution in [2.45, 2.75) is 0 Å². The molecule has 7 heteroatoms. The lowest BCUT2D eigenvalue weighted by Gasteiger charge is -2.20. The van der Waals surface area contributed by atoms with Crippen molar-refractivity contribution >= 4 is 38.8 Å². The van der Waals surface area contributed by atoms with E-state index in [1.54, 1.807) is 23.9 Å². The minimum Gasteiger partial charge on any atom is -0.486 e. The van der Waals surface area contributed by atoms with Crippen molar-refractivity contribution in [2.75, 3.05) is 25.5 Å². The Kier molecular flexibility index (Phi) is 3.65. The van der Waals surface area contributed by atoms with Gasteiger partial charge in [-0.3, -0.25) is 9.79 Å². The second-order valence-corrected chi connectivity index (χ2v) is 5.91. The summed E-state index contributed by atoms with van der Waals surface area (Å²) in [5.41, 5.74) is 0.520. The normalized spacial score (nSPS) is 17.0. The average molecular weight is 343 g/mol. The molecule has 0 aliphatic carbocycles. The Hall–Kier alpha value is -1.21. The lowest BCUT2D eigenvalue weighted by Crippen LogP contribution is -2.27. The zero-order valence-corrected chi connectivity index (χ0v) is 12.3. The first-order chi connectivity index (χ1) is 9.24. The monoisotopic (exact) mass is 342 g/mol. The molecule has 19 heavy (non-hydrogen) atoms. The van der Waals surface area contributed by atoms with Gasteiger partial charge in [0.15, 0.2) is 16.7 Å². The molecule has 0 radical (unpaired) electrons. The summed E-state index contributed by atoms with van der Waals surface area (Å²) in [7, 11) is 0. The number of amides is 1. The van der Waals surface area contributed by atoms with Crippen molar-refractivity contribution in [3.8, 4) is 11.5 Å². The van der Waals surface area contributed by atoms with Crippen LogP contribution in [0.2, 0.25) is 0 Å². The minimum absolute atomic E-state index is 0.189. The second-order valence-electron chi connectivity index (χ2n) is 3.97. The molecule has 1 N–H and O–H groups in total. The smallest absolute Gasteiger partial charge is 0.257 e. The Labute approximate surface area is 122 Å². The first kappa shape index (κ1) is 12.8. The van der Waals surface area contributed by atoms with E-state index in [1.807, 2.05) is 0 Å². The van der Waals surface area contributed by atoms with Gasteiger partial charge in [-0.1, -0.05) is 11.8 Å². The van der Waals surface area contributed by atoms with Crippen LogP contribution in [-0.4, -0.2) is 36.6 Å². The van der Waals surface area contributed by atoms with Crippen molar-refractivity contribution in [3.63, 3.8) is 0 Å². The Bertz CT molecular complexity index is 562. The van der Waals surface area contributed by atoms with Crippen LogP contribution < -0.4 is 14.8 Å². The quantitative estimate of drug-likeness (QED) is 0.848. The highest BCUT2D eigenvalue weighted by atomic mass is 79.9. The van der Waals surface area contributed by atoms with Gasteiger partial charge < -0.3 is 14.8 Å². The molecule has 100 valence electrons. The SMILES string of the molecule is O=C(NC1=NCCS1)c1cc(Br)c2c(c1)OCCO2. The number of aliphatic imine (C=N–C) groups is 1. The van der Waals surface area contributed by atoms with Crippen LogP contribution in [0.1, 0.15) is 10.4 Å². The van der Waals surface area contributed by atoms with E-state index in [9.17, 15) is 4.79 Å². The standard InChI is InChI=1S/C12H11BrN2O3S/c13-8-5-7(6-9-10(8)18-3-2-17-9)11(16)15-12-14-1-4-19-12/h5-6H,1-4H2,(H,14,15,16). The summed E-state index contributed by atoms with van der Waals surface area (Å²) < 4.78 is 11.7. The van der Waals surface area contributed by atoms with Gasteiger partial charge in [0.2, 0.25) is 0 Å². The number of nitrogens with zero attached hydrogens (tertiary/aromatic N) is 1. The average Bonchev–Trinajstić information content (AvgIpc) is 2.91. The summed E-state index contributed by atoms with van der Waals surface area (Å²) in [4.78, 5) is 16.3. The summed E-state index contributed by atoms with van der Waals surface area (Å²) in [6, 6.07) is 3.41. The van der Waals surface area contributed by atoms with Gasteiger partial charge in [0.1, 0.15) is 13.2 Å². The van der Waals surface area contributed by atoms with Crippen LogP contribution in [0.15, 0.2) is 21.6 Å². The first-order valence-electron chi connectivity index (χ1n) is 5.82. The molecule has 3 rings (SSSR count). The number of fused-ring (bicyclic) bond motifs is 1. The third-order valence-corrected chi connectivity index (χ3v) is 4.15. The summed E-state index contributed by atoms with van der Waals surface area (Å²) >= 11 is 4.94. The van der Waals surface area contributed by atoms with Crippen LogP contribution in [0, 0.1) is 0 Å². The third kappa shape index (κ3) is 2.71. The van der Waals surface area contributed by atoms with Gasteiger partial charge in [-0.25, -0.2) is 0 Å². The molecule has 0 atom stereocenters. The van der Waals surface area contributed by atoms with Crippen LogP contribution in [0.4, 0.5) is 0 Å². The second kappa shape index (κ2) is 5.42. The molecule has 1 aromatic carbocycles. The zero-order valence-electron chi connectivity index (χ0n) is 9.94. The fourth-order valence-corrected chi connectivity index (χ4v) is 3.10. The largest absolute Gasteiger partial charge is 0.486 e. The third-order valence-electron chi connectivity index (χ3n) is 2.66. The van der Waals surface area contributed by atoms with Crippen molar-refractivity contribution in [1.29, 1.82) is 0 Å². The predicted molar refractivity (Wildman–Crippen MR) is 77.4 cm³/mol. The van der Waals surface area contributed by atoms with Crippen LogP contribution >= 0.6 is 27.7 Å². The Balaban J connectivity index is 1.84. The van der Waals surface area contributed by atoms with E-state index in [0.29, 0.717) is 35.4 Å². The summed E-state index contributed by atoms with van der Waals surface area (Å²) in [6.45, 7) is 1.77. The number of thioether (sulfide) groups is 1. The van der Waals surface area contributed by atoms with E-state index >= 15 is 0 Å². The van der Waals surface area contributed by atoms with Gasteiger partial charge in [-0.15, -0.1) is 0 Å². The fraction of sp³-hybridized carbons (Fsp3) is 0.333. The van der Waals surface area contributed by atoms with Gasteiger partial charge in [0.25, 0.3) is 5.91 Å². The summed E-state index contributed by atoms with van der Waals surface area (Å²) in [5, 5.41) is 3.46. The van der Waals surface area contributed by atoms with E-state index in [-0.39, 0.29) is 5.91 Å². The number of ether oxygens (including phenoxy) is 2. The van der Waals surface area contributed by atoms with Crippen LogP contribution in [0.25, 0.3) is 0 Å². The van der Waals surface area contributed by atoms with Crippen molar-refractivity contribution in [2.24, 2.45) is 4.99 Å². The first-order valence-corrected chi connectivity index (χ1v) is 7.59. The van der Waals surface area contributed by atoms with E-state index in [1.165, 1.54) is 0 Å². The number of amidine groups is 1. The highest BCUT2D eigenvalue weighted by Gasteiger charge is 2.20. The Morgan fingerprint density at radius 2 is 2.21 bits per heavy atom. The number of hydrogen-bond donors (Lipinski definition) is 1. The molecule has 0 spiro atoms. The molecular weight excluding hydrogens is 332 g/mol. The van der Waals surface area contributed by atoms with Crippen LogP contribution in [0.3, 0.4) is 0 Å². The molecule has 2 heterocycles. The summed E-state index contributed by atoms with van der Waals surface area (Å²) in [5.74, 6) is 1.97. The Morgan fingerprint density at radius 1 is 1.37 bits per heavy atom. The van der Waals surface area contributed by atoms with Crippen LogP contribution in [0.5, 0.6) is 11.5 Å². The van der Waals surface area contributed by atoms with Crippen LogP contribution in [-0.2, 0) is 0 Å². The van der Waals surface area contributed by atoms with Crippen molar-refractivity contribution in [1.82, 2.24) is 5.32 Å². The number of rotatable bonds is 1. The molecule has 0 fully saturated rings. The topological polar surface area (TPSA) is 59.9 Å². The lowest BCUT2D eigenvalue weighted by atomic mass is 10.2. The maximum absolute atomic E-state index is 12.1. The van der Waals surface area contributed by atoms with E-state index in [0.717, 1.165) is 16.8 Å². The highest BCUT2D eigenvalue weighted by Crippen LogP contribution is 2.38. The molecule has 0 saturated carbocycles. The van der Waals surface area contributed by atoms with E-state index in [4.69, 9.17) is 9.47 Å². The molecule has 1 amide bonds. The number of carbonyl (C=O) groups excluding carboxylic acids is 1. The molecule has 2 aliphatic heterocycles. The maximum atomic E-state index is 12.1. The van der Waals surface area contributed by atoms with Gasteiger partial charge in [0, 0.05) is 11.3 Å². The van der Waals surface area contributed by atoms with Gasteiger partial charge in [-0.2, -0.15) is 0 Å². The van der Waals surface area contributed by atoms with Crippen molar-refractivity contribution < 1.29 is 14.3 Å². The molecule has 1 aromatic rings. The maximum Gasteiger partial charge on any atom is 0.257 e. The molecule has 0 aromatic heterocycles. The van der Waals surface area contributed by atoms with Gasteiger partial charge in [-0.05, 0) is 28.1 Å². The number of halogens is 1. The van der Waals surface area contributed by atoms with Crippen molar-refractivity contribution in [3.05, 3.63) is 22.2 Å². The molecule has 2 aliphatic rings. The number of nitrogens with one attached hydrogen (secondary N) is 1. The number of hydrogen-bond acceptors (Lipinski definition) is 5. The Morgan fingerprint density at radius 3 is 3.00 bits per heavy atom. The summed E-state index contributed by atoms with van der Waals surface area (Å²) in [6.07, 6.45) is 0. The molecular formula is C12H11BrN2O3S. The fourth-order valence-electron chi connectivity index (χ4n) is 1.82. The number of benzene rings is 1. The van der Waals surface area contributed by atoms with E-state index in [2.05, 4.69) is 26.2 Å². The van der Waals surface area contributed by atoms with Gasteiger partial charge in [0.05, 0.1) is 11.0 Å². The predicted octanol–water partition coefficient (Wildman–Crippen LogP) is 2.05. The highest BCUT2D eigenvalue weighted by molar-refractivity contribution is 9.10. The van der Waals surface area contributed by atoms with Gasteiger partial charge >= 0.3 is 0 Å². The molecule has 0 unspecified atom stereocenters. The lowest BCUT2D eigenvalue weighted by molar-refractivity contribution is 0.0976. The zero-order chi connectivity index (χ0) is 13.2. The minimum atomic E-state index is -0.189. The molecule has 5 nitrogen and oxygen atoms in total. The number of carbonyl (C=O) groups is 1. The van der Waals surface area contributed by atoms with E-state index < -0.39 is 0 Å².